The second-order valence-corrected chi connectivity index (χ2v) is 6.26. The fourth-order valence-electron chi connectivity index (χ4n) is 2.54. The minimum Gasteiger partial charge on any atom is -0.384 e. The van der Waals surface area contributed by atoms with Crippen LogP contribution in [-0.2, 0) is 4.74 Å². The molecule has 0 saturated heterocycles. The Bertz CT molecular complexity index is 488. The van der Waals surface area contributed by atoms with Crippen molar-refractivity contribution in [2.75, 3.05) is 25.2 Å². The Labute approximate surface area is 128 Å². The van der Waals surface area contributed by atoms with E-state index in [9.17, 15) is 0 Å². The van der Waals surface area contributed by atoms with E-state index in [-0.39, 0.29) is 5.84 Å². The van der Waals surface area contributed by atoms with Crippen molar-refractivity contribution in [3.8, 4) is 0 Å². The molecule has 1 aliphatic rings. The predicted octanol–water partition coefficient (Wildman–Crippen LogP) is 2.98. The van der Waals surface area contributed by atoms with Crippen molar-refractivity contribution in [1.29, 1.82) is 5.41 Å². The molecule has 0 amide bonds. The average Bonchev–Trinajstić information content (AvgIpc) is 3.24. The highest BCUT2D eigenvalue weighted by molar-refractivity contribution is 9.10. The van der Waals surface area contributed by atoms with Crippen molar-refractivity contribution in [2.45, 2.75) is 25.8 Å². The standard InChI is InChI=1S/C15H22BrN3O/c1-10(11-3-4-11)19(7-8-20-2)14-6-5-12(16)9-13(14)15(17)18/h5-6,9-11H,3-4,7-8H2,1-2H3,(H3,17,18). The van der Waals surface area contributed by atoms with Gasteiger partial charge in [-0.05, 0) is 43.9 Å². The Morgan fingerprint density at radius 3 is 2.80 bits per heavy atom. The number of amidine groups is 1. The van der Waals surface area contributed by atoms with Gasteiger partial charge >= 0.3 is 0 Å². The van der Waals surface area contributed by atoms with Crippen LogP contribution in [0.1, 0.15) is 25.3 Å². The van der Waals surface area contributed by atoms with Gasteiger partial charge in [-0.25, -0.2) is 0 Å². The van der Waals surface area contributed by atoms with Crippen LogP contribution in [0.2, 0.25) is 0 Å². The third-order valence-corrected chi connectivity index (χ3v) is 4.38. The molecule has 0 spiro atoms. The van der Waals surface area contributed by atoms with Crippen LogP contribution < -0.4 is 10.6 Å². The number of ether oxygens (including phenoxy) is 1. The monoisotopic (exact) mass is 339 g/mol. The van der Waals surface area contributed by atoms with Gasteiger partial charge in [-0.1, -0.05) is 15.9 Å². The third-order valence-electron chi connectivity index (χ3n) is 3.89. The van der Waals surface area contributed by atoms with Crippen LogP contribution in [0, 0.1) is 11.3 Å². The van der Waals surface area contributed by atoms with Crippen LogP contribution in [0.4, 0.5) is 5.69 Å². The highest BCUT2D eigenvalue weighted by Crippen LogP contribution is 2.38. The van der Waals surface area contributed by atoms with Crippen LogP contribution in [-0.4, -0.2) is 32.1 Å². The molecule has 1 atom stereocenters. The predicted molar refractivity (Wildman–Crippen MR) is 86.6 cm³/mol. The highest BCUT2D eigenvalue weighted by Gasteiger charge is 2.33. The van der Waals surface area contributed by atoms with Gasteiger partial charge in [-0.2, -0.15) is 0 Å². The van der Waals surface area contributed by atoms with Gasteiger partial charge in [0.1, 0.15) is 5.84 Å². The number of hydrogen-bond acceptors (Lipinski definition) is 3. The molecule has 1 aromatic carbocycles. The fourth-order valence-corrected chi connectivity index (χ4v) is 2.90. The fraction of sp³-hybridized carbons (Fsp3) is 0.533. The summed E-state index contributed by atoms with van der Waals surface area (Å²) in [6, 6.07) is 6.40. The molecular weight excluding hydrogens is 318 g/mol. The van der Waals surface area contributed by atoms with Crippen LogP contribution >= 0.6 is 15.9 Å². The molecule has 1 unspecified atom stereocenters. The van der Waals surface area contributed by atoms with Gasteiger partial charge in [-0.3, -0.25) is 5.41 Å². The van der Waals surface area contributed by atoms with Gasteiger partial charge in [0.25, 0.3) is 0 Å². The Balaban J connectivity index is 2.33. The summed E-state index contributed by atoms with van der Waals surface area (Å²) in [5, 5.41) is 7.81. The van der Waals surface area contributed by atoms with E-state index < -0.39 is 0 Å². The zero-order valence-electron chi connectivity index (χ0n) is 12.0. The van der Waals surface area contributed by atoms with Crippen LogP contribution in [0.15, 0.2) is 22.7 Å². The van der Waals surface area contributed by atoms with Gasteiger partial charge in [0.15, 0.2) is 0 Å². The maximum atomic E-state index is 7.81. The van der Waals surface area contributed by atoms with Crippen molar-refractivity contribution in [2.24, 2.45) is 11.7 Å². The summed E-state index contributed by atoms with van der Waals surface area (Å²) < 4.78 is 6.17. The summed E-state index contributed by atoms with van der Waals surface area (Å²) >= 11 is 3.45. The number of rotatable bonds is 7. The second-order valence-electron chi connectivity index (χ2n) is 5.34. The molecule has 0 aromatic heterocycles. The normalized spacial score (nSPS) is 15.9. The molecule has 0 heterocycles. The number of halogens is 1. The average molecular weight is 340 g/mol. The van der Waals surface area contributed by atoms with Gasteiger partial charge in [0.2, 0.25) is 0 Å². The third kappa shape index (κ3) is 3.52. The first-order valence-electron chi connectivity index (χ1n) is 6.94. The summed E-state index contributed by atoms with van der Waals surface area (Å²) in [5.74, 6) is 0.849. The molecule has 20 heavy (non-hydrogen) atoms. The lowest BCUT2D eigenvalue weighted by Crippen LogP contribution is -2.38. The van der Waals surface area contributed by atoms with Crippen molar-refractivity contribution >= 4 is 27.5 Å². The summed E-state index contributed by atoms with van der Waals surface area (Å²) in [4.78, 5) is 2.32. The van der Waals surface area contributed by atoms with Gasteiger partial charge < -0.3 is 15.4 Å². The minimum absolute atomic E-state index is 0.103. The van der Waals surface area contributed by atoms with E-state index in [0.717, 1.165) is 28.2 Å². The molecule has 1 aromatic rings. The van der Waals surface area contributed by atoms with Crippen molar-refractivity contribution in [3.05, 3.63) is 28.2 Å². The van der Waals surface area contributed by atoms with E-state index in [4.69, 9.17) is 15.9 Å². The lowest BCUT2D eigenvalue weighted by Gasteiger charge is -2.33. The summed E-state index contributed by atoms with van der Waals surface area (Å²) in [7, 11) is 1.72. The topological polar surface area (TPSA) is 62.3 Å². The second kappa shape index (κ2) is 6.59. The van der Waals surface area contributed by atoms with E-state index in [2.05, 4.69) is 27.8 Å². The SMILES string of the molecule is COCCN(c1ccc(Br)cc1C(=N)N)C(C)C1CC1. The Morgan fingerprint density at radius 2 is 2.25 bits per heavy atom. The number of anilines is 1. The molecule has 5 heteroatoms. The first-order valence-corrected chi connectivity index (χ1v) is 7.73. The van der Waals surface area contributed by atoms with E-state index in [1.807, 2.05) is 18.2 Å². The quantitative estimate of drug-likeness (QED) is 0.593. The molecule has 1 aliphatic carbocycles. The molecule has 1 fully saturated rings. The number of hydrogen-bond donors (Lipinski definition) is 2. The maximum Gasteiger partial charge on any atom is 0.124 e. The number of benzene rings is 1. The maximum absolute atomic E-state index is 7.81. The van der Waals surface area contributed by atoms with Crippen molar-refractivity contribution in [1.82, 2.24) is 0 Å². The molecule has 110 valence electrons. The first-order chi connectivity index (χ1) is 9.54. The van der Waals surface area contributed by atoms with Gasteiger partial charge in [0, 0.05) is 35.4 Å². The molecule has 0 bridgehead atoms. The van der Waals surface area contributed by atoms with Crippen molar-refractivity contribution < 1.29 is 4.74 Å². The summed E-state index contributed by atoms with van der Waals surface area (Å²) in [6.07, 6.45) is 2.58. The van der Waals surface area contributed by atoms with E-state index in [1.54, 1.807) is 7.11 Å². The molecule has 1 saturated carbocycles. The Kier molecular flexibility index (Phi) is 5.05. The number of nitrogens with zero attached hydrogens (tertiary/aromatic N) is 1. The van der Waals surface area contributed by atoms with Crippen LogP contribution in [0.25, 0.3) is 0 Å². The van der Waals surface area contributed by atoms with E-state index in [0.29, 0.717) is 12.6 Å². The number of methoxy groups -OCH3 is 1. The zero-order valence-corrected chi connectivity index (χ0v) is 13.6. The Hall–Kier alpha value is -1.07. The molecular formula is C15H22BrN3O. The van der Waals surface area contributed by atoms with Crippen molar-refractivity contribution in [3.63, 3.8) is 0 Å². The number of nitrogen functional groups attached to an aromatic ring is 1. The zero-order chi connectivity index (χ0) is 14.7. The smallest absolute Gasteiger partial charge is 0.124 e. The van der Waals surface area contributed by atoms with E-state index >= 15 is 0 Å². The summed E-state index contributed by atoms with van der Waals surface area (Å²) in [5.41, 5.74) is 7.55. The van der Waals surface area contributed by atoms with Gasteiger partial charge in [-0.15, -0.1) is 0 Å². The van der Waals surface area contributed by atoms with Crippen LogP contribution in [0.3, 0.4) is 0 Å². The molecule has 4 nitrogen and oxygen atoms in total. The van der Waals surface area contributed by atoms with E-state index in [1.165, 1.54) is 12.8 Å². The summed E-state index contributed by atoms with van der Waals surface area (Å²) in [6.45, 7) is 3.74. The molecule has 0 aliphatic heterocycles. The number of nitrogens with two attached hydrogens (primary N) is 1. The van der Waals surface area contributed by atoms with Crippen LogP contribution in [0.5, 0.6) is 0 Å². The first kappa shape index (κ1) is 15.3. The van der Waals surface area contributed by atoms with Gasteiger partial charge in [0.05, 0.1) is 6.61 Å². The lowest BCUT2D eigenvalue weighted by molar-refractivity contribution is 0.202. The lowest BCUT2D eigenvalue weighted by atomic mass is 10.1. The minimum atomic E-state index is 0.103. The molecule has 2 rings (SSSR count). The molecule has 0 radical (unpaired) electrons. The Morgan fingerprint density at radius 1 is 1.55 bits per heavy atom. The highest BCUT2D eigenvalue weighted by atomic mass is 79.9. The largest absolute Gasteiger partial charge is 0.384 e. The molecule has 3 N–H and O–H groups in total. The number of nitrogens with one attached hydrogen (secondary N) is 1.